The van der Waals surface area contributed by atoms with E-state index in [2.05, 4.69) is 45.9 Å². The second kappa shape index (κ2) is 12.6. The summed E-state index contributed by atoms with van der Waals surface area (Å²) in [5.41, 5.74) is 4.72. The fraction of sp³-hybridized carbons (Fsp3) is 0.467. The van der Waals surface area contributed by atoms with Crippen molar-refractivity contribution in [3.05, 3.63) is 82.0 Å². The number of carbonyl (C=O) groups is 2. The Morgan fingerprint density at radius 2 is 1.42 bits per heavy atom. The number of carbonyl (C=O) groups excluding carboxylic acids is 2. The van der Waals surface area contributed by atoms with Crippen LogP contribution in [0.25, 0.3) is 0 Å². The first-order chi connectivity index (χ1) is 15.6. The molecular formula is C30H40O3. The van der Waals surface area contributed by atoms with Crippen molar-refractivity contribution in [3.63, 3.8) is 0 Å². The highest BCUT2D eigenvalue weighted by Crippen LogP contribution is 2.28. The predicted molar refractivity (Wildman–Crippen MR) is 138 cm³/mol. The number of hydrogen-bond donors (Lipinski definition) is 1. The van der Waals surface area contributed by atoms with Gasteiger partial charge in [0.05, 0.1) is 5.60 Å². The molecule has 0 fully saturated rings. The van der Waals surface area contributed by atoms with Gasteiger partial charge in [0.1, 0.15) is 0 Å². The monoisotopic (exact) mass is 448 g/mol. The number of ketones is 2. The molecule has 0 saturated heterocycles. The second-order valence-electron chi connectivity index (χ2n) is 9.90. The van der Waals surface area contributed by atoms with Crippen molar-refractivity contribution < 1.29 is 14.7 Å². The maximum Gasteiger partial charge on any atom is 0.189 e. The Labute approximate surface area is 200 Å². The van der Waals surface area contributed by atoms with Crippen LogP contribution < -0.4 is 0 Å². The van der Waals surface area contributed by atoms with Crippen molar-refractivity contribution in [2.45, 2.75) is 91.6 Å². The van der Waals surface area contributed by atoms with Crippen LogP contribution in [0.2, 0.25) is 0 Å². The highest BCUT2D eigenvalue weighted by molar-refractivity contribution is 6.24. The highest BCUT2D eigenvalue weighted by atomic mass is 16.3. The minimum Gasteiger partial charge on any atom is -0.390 e. The van der Waals surface area contributed by atoms with Crippen LogP contribution in [0.3, 0.4) is 0 Å². The molecule has 0 spiro atoms. The van der Waals surface area contributed by atoms with Gasteiger partial charge in [0.2, 0.25) is 0 Å². The van der Waals surface area contributed by atoms with Crippen molar-refractivity contribution in [2.75, 3.05) is 0 Å². The summed E-state index contributed by atoms with van der Waals surface area (Å²) >= 11 is 0. The summed E-state index contributed by atoms with van der Waals surface area (Å²) < 4.78 is 0. The van der Waals surface area contributed by atoms with E-state index in [0.717, 1.165) is 32.1 Å². The Hall–Kier alpha value is -2.52. The standard InChI is InChI=1S/C30H40O3/c1-22(2)11-8-12-23(3)13-9-14-24(4)15-10-19-30(5,33)20-18-25-21-28(31)26-16-6-7-17-27(26)29(25)32/h6-7,11,13,15-17,21,33H,8-10,12,14,18-20H2,1-5H3. The third-order valence-electron chi connectivity index (χ3n) is 6.27. The zero-order valence-corrected chi connectivity index (χ0v) is 21.0. The van der Waals surface area contributed by atoms with E-state index in [-0.39, 0.29) is 11.6 Å². The van der Waals surface area contributed by atoms with Crippen LogP contribution in [0.5, 0.6) is 0 Å². The smallest absolute Gasteiger partial charge is 0.189 e. The molecule has 1 N–H and O–H groups in total. The van der Waals surface area contributed by atoms with Gasteiger partial charge in [-0.1, -0.05) is 59.2 Å². The largest absolute Gasteiger partial charge is 0.390 e. The molecule has 0 radical (unpaired) electrons. The van der Waals surface area contributed by atoms with Crippen molar-refractivity contribution in [1.29, 1.82) is 0 Å². The van der Waals surface area contributed by atoms with Gasteiger partial charge in [0, 0.05) is 16.7 Å². The summed E-state index contributed by atoms with van der Waals surface area (Å²) in [7, 11) is 0. The number of fused-ring (bicyclic) bond motifs is 1. The Kier molecular flexibility index (Phi) is 10.2. The fourth-order valence-corrected chi connectivity index (χ4v) is 4.05. The summed E-state index contributed by atoms with van der Waals surface area (Å²) in [6.07, 6.45) is 14.9. The highest BCUT2D eigenvalue weighted by Gasteiger charge is 2.27. The van der Waals surface area contributed by atoms with E-state index < -0.39 is 5.60 Å². The molecule has 0 amide bonds. The molecule has 0 heterocycles. The number of aliphatic hydroxyl groups is 1. The molecule has 0 bridgehead atoms. The molecule has 1 aliphatic carbocycles. The fourth-order valence-electron chi connectivity index (χ4n) is 4.05. The number of rotatable bonds is 12. The molecular weight excluding hydrogens is 408 g/mol. The lowest BCUT2D eigenvalue weighted by atomic mass is 9.84. The van der Waals surface area contributed by atoms with Gasteiger partial charge in [-0.15, -0.1) is 0 Å². The quantitative estimate of drug-likeness (QED) is 0.333. The average molecular weight is 449 g/mol. The SMILES string of the molecule is CC(C)=CCCC(C)=CCCC(C)=CCCC(C)(O)CCC1=CC(=O)c2ccccc2C1=O. The molecule has 0 aromatic heterocycles. The number of allylic oxidation sites excluding steroid dienone is 8. The molecule has 1 aliphatic rings. The van der Waals surface area contributed by atoms with Gasteiger partial charge in [-0.3, -0.25) is 9.59 Å². The van der Waals surface area contributed by atoms with Crippen LogP contribution in [-0.4, -0.2) is 22.3 Å². The number of benzene rings is 1. The van der Waals surface area contributed by atoms with Crippen molar-refractivity contribution >= 4 is 11.6 Å². The van der Waals surface area contributed by atoms with E-state index in [1.165, 1.54) is 22.8 Å². The molecule has 0 aliphatic heterocycles. The average Bonchev–Trinajstić information content (AvgIpc) is 2.75. The first-order valence-corrected chi connectivity index (χ1v) is 12.1. The molecule has 1 atom stereocenters. The minimum atomic E-state index is -0.876. The lowest BCUT2D eigenvalue weighted by molar-refractivity contribution is 0.0430. The number of Topliss-reactive ketones (excluding diaryl/α,β-unsaturated/α-hetero) is 1. The van der Waals surface area contributed by atoms with Gasteiger partial charge in [-0.05, 0) is 92.1 Å². The molecule has 1 unspecified atom stereocenters. The third kappa shape index (κ3) is 9.09. The summed E-state index contributed by atoms with van der Waals surface area (Å²) in [4.78, 5) is 25.0. The van der Waals surface area contributed by atoms with Crippen molar-refractivity contribution in [2.24, 2.45) is 0 Å². The lowest BCUT2D eigenvalue weighted by Gasteiger charge is -2.24. The van der Waals surface area contributed by atoms with Gasteiger partial charge in [0.15, 0.2) is 11.6 Å². The first-order valence-electron chi connectivity index (χ1n) is 12.1. The third-order valence-corrected chi connectivity index (χ3v) is 6.27. The van der Waals surface area contributed by atoms with E-state index in [0.29, 0.717) is 36.0 Å². The van der Waals surface area contributed by atoms with E-state index in [1.54, 1.807) is 24.3 Å². The van der Waals surface area contributed by atoms with Crippen LogP contribution in [0, 0.1) is 0 Å². The Balaban J connectivity index is 1.77. The molecule has 0 saturated carbocycles. The van der Waals surface area contributed by atoms with Gasteiger partial charge in [-0.25, -0.2) is 0 Å². The molecule has 3 heteroatoms. The van der Waals surface area contributed by atoms with E-state index >= 15 is 0 Å². The summed E-state index contributed by atoms with van der Waals surface area (Å²) in [6.45, 7) is 10.4. The van der Waals surface area contributed by atoms with Gasteiger partial charge in [0.25, 0.3) is 0 Å². The molecule has 178 valence electrons. The van der Waals surface area contributed by atoms with E-state index in [4.69, 9.17) is 0 Å². The Morgan fingerprint density at radius 3 is 2.06 bits per heavy atom. The maximum absolute atomic E-state index is 12.7. The summed E-state index contributed by atoms with van der Waals surface area (Å²) in [5.74, 6) is -0.222. The van der Waals surface area contributed by atoms with E-state index in [9.17, 15) is 14.7 Å². The Morgan fingerprint density at radius 1 is 0.848 bits per heavy atom. The molecule has 1 aromatic carbocycles. The molecule has 2 rings (SSSR count). The zero-order chi connectivity index (χ0) is 24.4. The Bertz CT molecular complexity index is 966. The minimum absolute atomic E-state index is 0.0964. The second-order valence-corrected chi connectivity index (χ2v) is 9.90. The summed E-state index contributed by atoms with van der Waals surface area (Å²) in [5, 5.41) is 10.8. The van der Waals surface area contributed by atoms with Crippen LogP contribution >= 0.6 is 0 Å². The van der Waals surface area contributed by atoms with Crippen LogP contribution in [0.4, 0.5) is 0 Å². The molecule has 3 nitrogen and oxygen atoms in total. The zero-order valence-electron chi connectivity index (χ0n) is 21.0. The first kappa shape index (κ1) is 26.7. The van der Waals surface area contributed by atoms with Crippen LogP contribution in [0.15, 0.2) is 70.9 Å². The van der Waals surface area contributed by atoms with Crippen LogP contribution in [0.1, 0.15) is 107 Å². The van der Waals surface area contributed by atoms with Crippen molar-refractivity contribution in [3.8, 4) is 0 Å². The van der Waals surface area contributed by atoms with Gasteiger partial charge in [-0.2, -0.15) is 0 Å². The van der Waals surface area contributed by atoms with Crippen LogP contribution in [-0.2, 0) is 0 Å². The maximum atomic E-state index is 12.7. The summed E-state index contributed by atoms with van der Waals surface area (Å²) in [6, 6.07) is 6.94. The topological polar surface area (TPSA) is 54.4 Å². The van der Waals surface area contributed by atoms with E-state index in [1.807, 2.05) is 6.92 Å². The van der Waals surface area contributed by atoms with Gasteiger partial charge < -0.3 is 5.11 Å². The van der Waals surface area contributed by atoms with Crippen molar-refractivity contribution in [1.82, 2.24) is 0 Å². The molecule has 1 aromatic rings. The normalized spacial score (nSPS) is 16.2. The number of hydrogen-bond acceptors (Lipinski definition) is 3. The lowest BCUT2D eigenvalue weighted by Crippen LogP contribution is -2.25. The van der Waals surface area contributed by atoms with Gasteiger partial charge >= 0.3 is 0 Å². The molecule has 33 heavy (non-hydrogen) atoms. The predicted octanol–water partition coefficient (Wildman–Crippen LogP) is 7.72.